The van der Waals surface area contributed by atoms with Crippen molar-refractivity contribution in [1.82, 2.24) is 29.9 Å². The van der Waals surface area contributed by atoms with Gasteiger partial charge in [-0.2, -0.15) is 27.1 Å². The lowest BCUT2D eigenvalue weighted by Gasteiger charge is -2.19. The van der Waals surface area contributed by atoms with E-state index in [0.29, 0.717) is 0 Å². The van der Waals surface area contributed by atoms with Gasteiger partial charge in [0, 0.05) is 12.2 Å². The van der Waals surface area contributed by atoms with Crippen LogP contribution in [0.3, 0.4) is 0 Å². The number of nitrogens with one attached hydrogen (secondary N) is 1. The Morgan fingerprint density at radius 2 is 1.89 bits per heavy atom. The molecule has 3 aromatic heterocycles. The lowest BCUT2D eigenvalue weighted by molar-refractivity contribution is -0.290. The molecule has 16 heteroatoms. The number of hydrogen-bond acceptors (Lipinski definition) is 8. The van der Waals surface area contributed by atoms with E-state index in [9.17, 15) is 35.2 Å². The van der Waals surface area contributed by atoms with Gasteiger partial charge >= 0.3 is 12.1 Å². The van der Waals surface area contributed by atoms with E-state index in [-0.39, 0.29) is 34.4 Å². The Morgan fingerprint density at radius 3 is 2.46 bits per heavy atom. The molecular weight excluding hydrogens is 503 g/mol. The van der Waals surface area contributed by atoms with Crippen molar-refractivity contribution in [3.05, 3.63) is 30.4 Å². The quantitative estimate of drug-likeness (QED) is 0.449. The zero-order valence-electron chi connectivity index (χ0n) is 17.9. The fourth-order valence-electron chi connectivity index (χ4n) is 2.93. The van der Waals surface area contributed by atoms with Gasteiger partial charge in [0.1, 0.15) is 5.69 Å². The third kappa shape index (κ3) is 4.87. The maximum atomic E-state index is 13.1. The Balaban J connectivity index is 1.73. The zero-order chi connectivity index (χ0) is 25.6. The summed E-state index contributed by atoms with van der Waals surface area (Å²) in [7, 11) is -3.97. The molecule has 3 heterocycles. The average Bonchev–Trinajstić information content (AvgIpc) is 3.52. The number of amides is 1. The molecule has 35 heavy (non-hydrogen) atoms. The third-order valence-corrected chi connectivity index (χ3v) is 6.64. The van der Waals surface area contributed by atoms with Crippen molar-refractivity contribution in [3.8, 4) is 17.1 Å². The van der Waals surface area contributed by atoms with E-state index < -0.39 is 45.4 Å². The topological polar surface area (TPSA) is 128 Å². The lowest BCUT2D eigenvalue weighted by Crippen LogP contribution is -2.41. The van der Waals surface area contributed by atoms with Crippen LogP contribution in [0.2, 0.25) is 0 Å². The highest BCUT2D eigenvalue weighted by Crippen LogP contribution is 2.36. The van der Waals surface area contributed by atoms with Crippen LogP contribution in [-0.4, -0.2) is 69.4 Å². The Kier molecular flexibility index (Phi) is 6.11. The molecule has 1 amide bonds. The smallest absolute Gasteiger partial charge is 0.456 e. The second kappa shape index (κ2) is 8.66. The maximum Gasteiger partial charge on any atom is 0.456 e. The molecule has 3 aromatic rings. The largest absolute Gasteiger partial charge is 0.470 e. The summed E-state index contributed by atoms with van der Waals surface area (Å²) in [6.45, 7) is -0.640. The predicted molar refractivity (Wildman–Crippen MR) is 109 cm³/mol. The minimum atomic E-state index is -5.81. The van der Waals surface area contributed by atoms with E-state index >= 15 is 0 Å². The summed E-state index contributed by atoms with van der Waals surface area (Å²) in [6.07, 6.45) is -1.22. The Hall–Kier alpha value is -3.43. The molecule has 1 saturated carbocycles. The van der Waals surface area contributed by atoms with Crippen molar-refractivity contribution < 1.29 is 39.9 Å². The predicted octanol–water partition coefficient (Wildman–Crippen LogP) is 2.45. The molecule has 0 saturated heterocycles. The molecule has 0 atom stereocenters. The van der Waals surface area contributed by atoms with Crippen molar-refractivity contribution in [1.29, 1.82) is 0 Å². The van der Waals surface area contributed by atoms with Gasteiger partial charge in [-0.25, -0.2) is 27.9 Å². The summed E-state index contributed by atoms with van der Waals surface area (Å²) in [5.74, 6) is -6.60. The first-order chi connectivity index (χ1) is 16.3. The summed E-state index contributed by atoms with van der Waals surface area (Å²) in [6, 6.07) is 1.37. The molecule has 0 aromatic carbocycles. The van der Waals surface area contributed by atoms with Crippen molar-refractivity contribution in [3.63, 3.8) is 0 Å². The number of ether oxygens (including phenoxy) is 1. The van der Waals surface area contributed by atoms with Crippen LogP contribution in [0.25, 0.3) is 16.9 Å². The van der Waals surface area contributed by atoms with Crippen LogP contribution in [-0.2, 0) is 9.84 Å². The number of nitrogens with zero attached hydrogens (tertiary/aromatic N) is 5. The standard InChI is InChI=1S/C19H17F5N6O4S/c1-2-35(32,33)17-14(11-7-27-13(8-26-11)34-9-18(20,21)19(22,23)24)15-25-6-5-12(30(15)29-17)16(31)28-10-3-4-10/h5-8,10H,2-4,9H2,1H3,(H,28,31). The first-order valence-corrected chi connectivity index (χ1v) is 11.8. The first kappa shape index (κ1) is 24.7. The summed E-state index contributed by atoms with van der Waals surface area (Å²) in [4.78, 5) is 24.3. The molecule has 1 aliphatic carbocycles. The summed E-state index contributed by atoms with van der Waals surface area (Å²) in [5, 5.41) is 6.39. The summed E-state index contributed by atoms with van der Waals surface area (Å²) < 4.78 is 94.1. The van der Waals surface area contributed by atoms with Crippen molar-refractivity contribution in [2.75, 3.05) is 12.4 Å². The molecular formula is C19H17F5N6O4S. The van der Waals surface area contributed by atoms with E-state index in [2.05, 4.69) is 30.1 Å². The fourth-order valence-corrected chi connectivity index (χ4v) is 3.92. The number of alkyl halides is 5. The van der Waals surface area contributed by atoms with Crippen LogP contribution in [0, 0.1) is 0 Å². The molecule has 0 radical (unpaired) electrons. The van der Waals surface area contributed by atoms with Crippen LogP contribution >= 0.6 is 0 Å². The Bertz CT molecular complexity index is 1370. The highest BCUT2D eigenvalue weighted by molar-refractivity contribution is 7.91. The number of hydrogen-bond donors (Lipinski definition) is 1. The van der Waals surface area contributed by atoms with Crippen LogP contribution in [0.5, 0.6) is 5.88 Å². The number of carbonyl (C=O) groups excluding carboxylic acids is 1. The van der Waals surface area contributed by atoms with Crippen LogP contribution < -0.4 is 10.1 Å². The third-order valence-electron chi connectivity index (χ3n) is 5.01. The molecule has 4 rings (SSSR count). The van der Waals surface area contributed by atoms with Gasteiger partial charge in [-0.05, 0) is 18.9 Å². The van der Waals surface area contributed by atoms with E-state index in [1.54, 1.807) is 0 Å². The van der Waals surface area contributed by atoms with Crippen molar-refractivity contribution in [2.45, 2.75) is 42.9 Å². The second-order valence-corrected chi connectivity index (χ2v) is 9.82. The van der Waals surface area contributed by atoms with Crippen LogP contribution in [0.15, 0.2) is 29.7 Å². The molecule has 1 fully saturated rings. The normalized spacial score (nSPS) is 14.8. The van der Waals surface area contributed by atoms with Gasteiger partial charge < -0.3 is 10.1 Å². The Morgan fingerprint density at radius 1 is 1.17 bits per heavy atom. The number of rotatable bonds is 8. The van der Waals surface area contributed by atoms with Crippen molar-refractivity contribution >= 4 is 21.4 Å². The van der Waals surface area contributed by atoms with Crippen LogP contribution in [0.4, 0.5) is 22.0 Å². The number of fused-ring (bicyclic) bond motifs is 1. The molecule has 10 nitrogen and oxygen atoms in total. The zero-order valence-corrected chi connectivity index (χ0v) is 18.7. The minimum Gasteiger partial charge on any atom is -0.470 e. The monoisotopic (exact) mass is 520 g/mol. The van der Waals surface area contributed by atoms with Gasteiger partial charge in [-0.15, -0.1) is 0 Å². The lowest BCUT2D eigenvalue weighted by atomic mass is 10.2. The van der Waals surface area contributed by atoms with E-state index in [4.69, 9.17) is 0 Å². The number of halogens is 5. The molecule has 0 unspecified atom stereocenters. The van der Waals surface area contributed by atoms with E-state index in [1.165, 1.54) is 19.2 Å². The maximum absolute atomic E-state index is 13.1. The van der Waals surface area contributed by atoms with Gasteiger partial charge in [0.15, 0.2) is 27.1 Å². The average molecular weight is 520 g/mol. The number of aromatic nitrogens is 5. The summed E-state index contributed by atoms with van der Waals surface area (Å²) in [5.41, 5.74) is -0.281. The van der Waals surface area contributed by atoms with Gasteiger partial charge in [-0.1, -0.05) is 6.92 Å². The molecule has 1 N–H and O–H groups in total. The fraction of sp³-hybridized carbons (Fsp3) is 0.421. The Labute approximate surface area is 194 Å². The van der Waals surface area contributed by atoms with E-state index in [1.807, 2.05) is 0 Å². The second-order valence-electron chi connectivity index (χ2n) is 7.63. The molecule has 188 valence electrons. The van der Waals surface area contributed by atoms with Gasteiger partial charge in [0.2, 0.25) is 5.88 Å². The van der Waals surface area contributed by atoms with Gasteiger partial charge in [0.05, 0.1) is 29.4 Å². The molecule has 1 aliphatic rings. The molecule has 0 aliphatic heterocycles. The first-order valence-electron chi connectivity index (χ1n) is 10.1. The highest BCUT2D eigenvalue weighted by Gasteiger charge is 2.58. The SMILES string of the molecule is CCS(=O)(=O)c1nn2c(C(=O)NC3CC3)ccnc2c1-c1cnc(OCC(F)(F)C(F)(F)F)cn1. The highest BCUT2D eigenvalue weighted by atomic mass is 32.2. The van der Waals surface area contributed by atoms with Crippen molar-refractivity contribution in [2.24, 2.45) is 0 Å². The molecule has 0 bridgehead atoms. The van der Waals surface area contributed by atoms with Gasteiger partial charge in [-0.3, -0.25) is 4.79 Å². The molecule has 0 spiro atoms. The number of carbonyl (C=O) groups is 1. The number of sulfone groups is 1. The van der Waals surface area contributed by atoms with Gasteiger partial charge in [0.25, 0.3) is 5.91 Å². The summed E-state index contributed by atoms with van der Waals surface area (Å²) >= 11 is 0. The van der Waals surface area contributed by atoms with E-state index in [0.717, 1.165) is 29.8 Å². The van der Waals surface area contributed by atoms with Crippen LogP contribution in [0.1, 0.15) is 30.3 Å². The minimum absolute atomic E-state index is 0.0164.